The number of hydrogen-bond donors (Lipinski definition) is 0. The molecular formula is C15H10BrClF2. The highest BCUT2D eigenvalue weighted by Gasteiger charge is 2.34. The topological polar surface area (TPSA) is 0 Å². The van der Waals surface area contributed by atoms with E-state index in [2.05, 4.69) is 15.9 Å². The van der Waals surface area contributed by atoms with Crippen LogP contribution in [-0.2, 0) is 6.42 Å². The summed E-state index contributed by atoms with van der Waals surface area (Å²) in [4.78, 5) is 0. The molecule has 2 atom stereocenters. The lowest BCUT2D eigenvalue weighted by Crippen LogP contribution is -2.21. The van der Waals surface area contributed by atoms with Crippen LogP contribution in [0.5, 0.6) is 0 Å². The second-order valence-corrected chi connectivity index (χ2v) is 6.02. The molecule has 0 fully saturated rings. The lowest BCUT2D eigenvalue weighted by Gasteiger charge is -2.34. The van der Waals surface area contributed by atoms with Crippen molar-refractivity contribution in [3.05, 3.63) is 69.2 Å². The second kappa shape index (κ2) is 4.88. The van der Waals surface area contributed by atoms with Crippen molar-refractivity contribution < 1.29 is 8.78 Å². The van der Waals surface area contributed by atoms with Gasteiger partial charge in [0, 0.05) is 11.5 Å². The van der Waals surface area contributed by atoms with Crippen molar-refractivity contribution in [2.45, 2.75) is 17.7 Å². The van der Waals surface area contributed by atoms with Gasteiger partial charge in [0.25, 0.3) is 0 Å². The van der Waals surface area contributed by atoms with Crippen molar-refractivity contribution in [1.82, 2.24) is 0 Å². The zero-order valence-electron chi connectivity index (χ0n) is 9.84. The molecule has 0 saturated carbocycles. The first kappa shape index (κ1) is 13.1. The zero-order chi connectivity index (χ0) is 13.6. The summed E-state index contributed by atoms with van der Waals surface area (Å²) in [7, 11) is 0. The number of halogens is 4. The van der Waals surface area contributed by atoms with Gasteiger partial charge in [0.1, 0.15) is 11.6 Å². The summed E-state index contributed by atoms with van der Waals surface area (Å²) >= 11 is 9.31. The predicted molar refractivity (Wildman–Crippen MR) is 75.5 cm³/mol. The van der Waals surface area contributed by atoms with Crippen LogP contribution in [0.3, 0.4) is 0 Å². The van der Waals surface area contributed by atoms with Crippen LogP contribution in [0.4, 0.5) is 8.78 Å². The molecule has 0 spiro atoms. The third-order valence-corrected chi connectivity index (χ3v) is 4.73. The first-order chi connectivity index (χ1) is 9.08. The molecule has 3 rings (SSSR count). The fourth-order valence-corrected chi connectivity index (χ4v) is 3.23. The first-order valence-electron chi connectivity index (χ1n) is 5.94. The maximum atomic E-state index is 13.9. The van der Waals surface area contributed by atoms with Gasteiger partial charge in [-0.05, 0) is 45.6 Å². The van der Waals surface area contributed by atoms with E-state index in [9.17, 15) is 8.78 Å². The van der Waals surface area contributed by atoms with Gasteiger partial charge in [-0.15, -0.1) is 11.6 Å². The monoisotopic (exact) mass is 342 g/mol. The van der Waals surface area contributed by atoms with Crippen LogP contribution >= 0.6 is 27.5 Å². The van der Waals surface area contributed by atoms with Crippen molar-refractivity contribution in [3.63, 3.8) is 0 Å². The van der Waals surface area contributed by atoms with Gasteiger partial charge in [0.2, 0.25) is 0 Å². The average molecular weight is 344 g/mol. The van der Waals surface area contributed by atoms with Crippen LogP contribution in [0.15, 0.2) is 40.9 Å². The highest BCUT2D eigenvalue weighted by Crippen LogP contribution is 2.47. The minimum atomic E-state index is -0.544. The van der Waals surface area contributed by atoms with Gasteiger partial charge in [-0.3, -0.25) is 0 Å². The molecule has 0 nitrogen and oxygen atoms in total. The highest BCUT2D eigenvalue weighted by molar-refractivity contribution is 9.10. The van der Waals surface area contributed by atoms with Crippen LogP contribution in [0.2, 0.25) is 0 Å². The van der Waals surface area contributed by atoms with E-state index >= 15 is 0 Å². The molecule has 4 heteroatoms. The maximum Gasteiger partial charge on any atom is 0.137 e. The number of benzene rings is 2. The largest absolute Gasteiger partial charge is 0.207 e. The van der Waals surface area contributed by atoms with Gasteiger partial charge in [0.15, 0.2) is 0 Å². The molecule has 0 radical (unpaired) electrons. The summed E-state index contributed by atoms with van der Waals surface area (Å²) in [6.07, 6.45) is 0.807. The van der Waals surface area contributed by atoms with Gasteiger partial charge >= 0.3 is 0 Å². The van der Waals surface area contributed by atoms with Gasteiger partial charge in [-0.1, -0.05) is 24.3 Å². The summed E-state index contributed by atoms with van der Waals surface area (Å²) in [6, 6.07) is 10.2. The summed E-state index contributed by atoms with van der Waals surface area (Å²) in [5, 5.41) is -0.544. The van der Waals surface area contributed by atoms with E-state index in [1.807, 2.05) is 24.3 Å². The van der Waals surface area contributed by atoms with Crippen LogP contribution in [-0.4, -0.2) is 0 Å². The molecule has 0 saturated heterocycles. The molecule has 0 bridgehead atoms. The van der Waals surface area contributed by atoms with Gasteiger partial charge in [-0.25, -0.2) is 8.78 Å². The minimum absolute atomic E-state index is 0.0490. The Bertz CT molecular complexity index is 642. The fourth-order valence-electron chi connectivity index (χ4n) is 2.52. The lowest BCUT2D eigenvalue weighted by molar-refractivity contribution is 0.536. The third kappa shape index (κ3) is 2.19. The quantitative estimate of drug-likeness (QED) is 0.509. The van der Waals surface area contributed by atoms with Crippen molar-refractivity contribution in [2.75, 3.05) is 0 Å². The van der Waals surface area contributed by atoms with E-state index in [4.69, 9.17) is 11.6 Å². The minimum Gasteiger partial charge on any atom is -0.207 e. The third-order valence-electron chi connectivity index (χ3n) is 3.58. The summed E-state index contributed by atoms with van der Waals surface area (Å²) in [5.74, 6) is -0.916. The smallest absolute Gasteiger partial charge is 0.137 e. The van der Waals surface area contributed by atoms with Gasteiger partial charge in [-0.2, -0.15) is 0 Å². The molecule has 1 aliphatic carbocycles. The van der Waals surface area contributed by atoms with E-state index in [1.165, 1.54) is 11.6 Å². The van der Waals surface area contributed by atoms with Crippen LogP contribution in [0.1, 0.15) is 28.0 Å². The molecule has 0 aliphatic heterocycles. The van der Waals surface area contributed by atoms with E-state index in [1.54, 1.807) is 0 Å². The van der Waals surface area contributed by atoms with Crippen LogP contribution in [0, 0.1) is 11.6 Å². The van der Waals surface area contributed by atoms with E-state index in [0.717, 1.165) is 18.1 Å². The maximum absolute atomic E-state index is 13.9. The zero-order valence-corrected chi connectivity index (χ0v) is 12.2. The van der Waals surface area contributed by atoms with Crippen LogP contribution < -0.4 is 0 Å². The normalized spacial score (nSPS) is 18.6. The molecule has 2 aromatic carbocycles. The predicted octanol–water partition coefficient (Wildman–Crippen LogP) is 5.35. The number of alkyl halides is 1. The first-order valence-corrected chi connectivity index (χ1v) is 7.17. The Labute approximate surface area is 123 Å². The number of rotatable bonds is 2. The van der Waals surface area contributed by atoms with Crippen LogP contribution in [0.25, 0.3) is 0 Å². The molecule has 98 valence electrons. The second-order valence-electron chi connectivity index (χ2n) is 4.70. The molecule has 0 N–H and O–H groups in total. The number of fused-ring (bicyclic) bond motifs is 1. The average Bonchev–Trinajstić information content (AvgIpc) is 2.35. The SMILES string of the molecule is Fc1cc(C(Cl)C2Cc3ccccc32)c(F)cc1Br. The van der Waals surface area contributed by atoms with E-state index < -0.39 is 17.0 Å². The standard InChI is InChI=1S/C15H10BrClF2/c16-12-7-13(18)11(6-14(12)19)15(17)10-5-8-3-1-2-4-9(8)10/h1-4,6-7,10,15H,5H2. The number of hydrogen-bond acceptors (Lipinski definition) is 0. The molecule has 19 heavy (non-hydrogen) atoms. The van der Waals surface area contributed by atoms with Crippen molar-refractivity contribution >= 4 is 27.5 Å². The van der Waals surface area contributed by atoms with E-state index in [-0.39, 0.29) is 16.0 Å². The van der Waals surface area contributed by atoms with E-state index in [0.29, 0.717) is 0 Å². The Hall–Kier alpha value is -0.930. The summed E-state index contributed by atoms with van der Waals surface area (Å²) in [6.45, 7) is 0. The molecule has 0 heterocycles. The van der Waals surface area contributed by atoms with Crippen molar-refractivity contribution in [3.8, 4) is 0 Å². The Morgan fingerprint density at radius 1 is 1.16 bits per heavy atom. The lowest BCUT2D eigenvalue weighted by atomic mass is 9.74. The molecule has 0 amide bonds. The Morgan fingerprint density at radius 3 is 2.63 bits per heavy atom. The summed E-state index contributed by atoms with van der Waals surface area (Å²) < 4.78 is 27.5. The Balaban J connectivity index is 1.94. The Kier molecular flexibility index (Phi) is 3.35. The van der Waals surface area contributed by atoms with Crippen molar-refractivity contribution in [1.29, 1.82) is 0 Å². The summed E-state index contributed by atoms with van der Waals surface area (Å²) in [5.41, 5.74) is 2.59. The van der Waals surface area contributed by atoms with Gasteiger partial charge in [0.05, 0.1) is 9.85 Å². The fraction of sp³-hybridized carbons (Fsp3) is 0.200. The molecule has 2 unspecified atom stereocenters. The molecule has 1 aliphatic rings. The molecule has 0 aromatic heterocycles. The Morgan fingerprint density at radius 2 is 1.89 bits per heavy atom. The van der Waals surface area contributed by atoms with Gasteiger partial charge < -0.3 is 0 Å². The highest BCUT2D eigenvalue weighted by atomic mass is 79.9. The molecular weight excluding hydrogens is 334 g/mol. The van der Waals surface area contributed by atoms with Crippen molar-refractivity contribution in [2.24, 2.45) is 0 Å². The molecule has 2 aromatic rings.